The molecule has 0 aliphatic carbocycles. The van der Waals surface area contributed by atoms with E-state index < -0.39 is 35.4 Å². The van der Waals surface area contributed by atoms with Gasteiger partial charge in [0.1, 0.15) is 12.2 Å². The molecule has 1 aliphatic rings. The molecule has 0 saturated carbocycles. The van der Waals surface area contributed by atoms with Crippen LogP contribution in [0, 0.1) is 0 Å². The molecule has 1 aliphatic heterocycles. The number of hydrogen-bond donors (Lipinski definition) is 2. The second-order valence-corrected chi connectivity index (χ2v) is 5.52. The Hall–Kier alpha value is -1.51. The summed E-state index contributed by atoms with van der Waals surface area (Å²) in [5, 5.41) is 10.0. The number of nitrogens with zero attached hydrogens (tertiary/aromatic N) is 1. The van der Waals surface area contributed by atoms with Gasteiger partial charge in [0, 0.05) is 12.3 Å². The molecule has 0 aromatic carbocycles. The van der Waals surface area contributed by atoms with Gasteiger partial charge in [-0.3, -0.25) is 14.3 Å². The Morgan fingerprint density at radius 3 is 2.81 bits per heavy atom. The molecular formula is C13H19FN2O5. The van der Waals surface area contributed by atoms with Crippen LogP contribution >= 0.6 is 0 Å². The molecule has 0 radical (unpaired) electrons. The first kappa shape index (κ1) is 15.9. The Bertz CT molecular complexity index is 609. The van der Waals surface area contributed by atoms with Crippen LogP contribution in [0.1, 0.15) is 27.0 Å². The minimum atomic E-state index is -2.19. The number of hydrogen-bond acceptors (Lipinski definition) is 5. The second-order valence-electron chi connectivity index (χ2n) is 5.52. The van der Waals surface area contributed by atoms with Crippen molar-refractivity contribution >= 4 is 0 Å². The minimum absolute atomic E-state index is 0.00689. The van der Waals surface area contributed by atoms with Crippen molar-refractivity contribution in [2.75, 3.05) is 6.61 Å². The SMILES string of the molecule is CC(C)OC[C@H]1O[C@@H](n2ccc(=O)[nH]c2=O)[C@](C)(F)[C@@H]1O. The lowest BCUT2D eigenvalue weighted by Crippen LogP contribution is -2.43. The predicted octanol–water partition coefficient (Wildman–Crippen LogP) is -0.0519. The number of aliphatic hydroxyl groups excluding tert-OH is 1. The van der Waals surface area contributed by atoms with Crippen LogP contribution in [0.3, 0.4) is 0 Å². The molecule has 1 aromatic rings. The van der Waals surface area contributed by atoms with E-state index in [2.05, 4.69) is 0 Å². The highest BCUT2D eigenvalue weighted by Crippen LogP contribution is 2.40. The zero-order chi connectivity index (χ0) is 15.8. The number of alkyl halides is 1. The van der Waals surface area contributed by atoms with Crippen molar-refractivity contribution in [1.82, 2.24) is 9.55 Å². The minimum Gasteiger partial charge on any atom is -0.387 e. The van der Waals surface area contributed by atoms with Gasteiger partial charge >= 0.3 is 5.69 Å². The van der Waals surface area contributed by atoms with Gasteiger partial charge in [-0.05, 0) is 20.8 Å². The molecular weight excluding hydrogens is 283 g/mol. The van der Waals surface area contributed by atoms with Gasteiger partial charge in [0.25, 0.3) is 5.56 Å². The van der Waals surface area contributed by atoms with E-state index in [1.54, 1.807) is 13.8 Å². The summed E-state index contributed by atoms with van der Waals surface area (Å²) in [5.74, 6) is 0. The predicted molar refractivity (Wildman–Crippen MR) is 71.8 cm³/mol. The van der Waals surface area contributed by atoms with Crippen LogP contribution in [0.2, 0.25) is 0 Å². The fourth-order valence-corrected chi connectivity index (χ4v) is 2.25. The Morgan fingerprint density at radius 1 is 1.57 bits per heavy atom. The first-order valence-corrected chi connectivity index (χ1v) is 6.69. The summed E-state index contributed by atoms with van der Waals surface area (Å²) in [5.41, 5.74) is -3.57. The standard InChI is InChI=1S/C13H19FN2O5/c1-7(2)20-6-8-10(18)13(3,14)11(21-8)16-5-4-9(17)15-12(16)19/h4-5,7-8,10-11,18H,6H2,1-3H3,(H,15,17,19)/t8-,10-,11-,13-/m1/s1. The lowest BCUT2D eigenvalue weighted by molar-refractivity contribution is -0.0801. The van der Waals surface area contributed by atoms with Crippen molar-refractivity contribution in [2.24, 2.45) is 0 Å². The average Bonchev–Trinajstić information content (AvgIpc) is 2.60. The smallest absolute Gasteiger partial charge is 0.330 e. The van der Waals surface area contributed by atoms with Crippen molar-refractivity contribution in [3.8, 4) is 0 Å². The summed E-state index contributed by atoms with van der Waals surface area (Å²) < 4.78 is 26.4. The topological polar surface area (TPSA) is 93.5 Å². The maximum Gasteiger partial charge on any atom is 0.330 e. The summed E-state index contributed by atoms with van der Waals surface area (Å²) >= 11 is 0. The maximum atomic E-state index is 14.7. The maximum absolute atomic E-state index is 14.7. The first-order chi connectivity index (χ1) is 9.73. The summed E-state index contributed by atoms with van der Waals surface area (Å²) in [6, 6.07) is 1.09. The lowest BCUT2D eigenvalue weighted by Gasteiger charge is -2.24. The third-order valence-corrected chi connectivity index (χ3v) is 3.41. The molecule has 4 atom stereocenters. The number of H-pyrrole nitrogens is 1. The molecule has 1 aromatic heterocycles. The Kier molecular flexibility index (Phi) is 4.31. The fraction of sp³-hybridized carbons (Fsp3) is 0.692. The first-order valence-electron chi connectivity index (χ1n) is 6.69. The van der Waals surface area contributed by atoms with Crippen molar-refractivity contribution in [3.63, 3.8) is 0 Å². The van der Waals surface area contributed by atoms with Gasteiger partial charge in [-0.15, -0.1) is 0 Å². The molecule has 118 valence electrons. The zero-order valence-electron chi connectivity index (χ0n) is 12.1. The average molecular weight is 302 g/mol. The summed E-state index contributed by atoms with van der Waals surface area (Å²) in [7, 11) is 0. The van der Waals surface area contributed by atoms with Crippen LogP contribution < -0.4 is 11.2 Å². The quantitative estimate of drug-likeness (QED) is 0.813. The molecule has 1 fully saturated rings. The number of aliphatic hydroxyl groups is 1. The van der Waals surface area contributed by atoms with E-state index in [1.807, 2.05) is 4.98 Å². The van der Waals surface area contributed by atoms with Crippen molar-refractivity contribution in [3.05, 3.63) is 33.1 Å². The number of aromatic amines is 1. The van der Waals surface area contributed by atoms with Crippen LogP contribution in [0.25, 0.3) is 0 Å². The molecule has 0 amide bonds. The van der Waals surface area contributed by atoms with Gasteiger partial charge in [-0.1, -0.05) is 0 Å². The fourth-order valence-electron chi connectivity index (χ4n) is 2.25. The van der Waals surface area contributed by atoms with Crippen LogP contribution in [0.4, 0.5) is 4.39 Å². The van der Waals surface area contributed by atoms with Gasteiger partial charge < -0.3 is 14.6 Å². The Balaban J connectivity index is 2.27. The molecule has 21 heavy (non-hydrogen) atoms. The molecule has 0 bridgehead atoms. The number of rotatable bonds is 4. The van der Waals surface area contributed by atoms with E-state index in [0.717, 1.165) is 23.8 Å². The summed E-state index contributed by atoms with van der Waals surface area (Å²) in [6.45, 7) is 4.77. The Labute approximate surface area is 120 Å². The molecule has 2 N–H and O–H groups in total. The molecule has 0 spiro atoms. The highest BCUT2D eigenvalue weighted by molar-refractivity contribution is 5.01. The molecule has 1 saturated heterocycles. The number of halogens is 1. The number of ether oxygens (including phenoxy) is 2. The zero-order valence-corrected chi connectivity index (χ0v) is 12.1. The van der Waals surface area contributed by atoms with Crippen molar-refractivity contribution < 1.29 is 19.0 Å². The van der Waals surface area contributed by atoms with E-state index in [1.165, 1.54) is 0 Å². The monoisotopic (exact) mass is 302 g/mol. The number of aromatic nitrogens is 2. The van der Waals surface area contributed by atoms with E-state index >= 15 is 0 Å². The van der Waals surface area contributed by atoms with Crippen LogP contribution in [0.5, 0.6) is 0 Å². The van der Waals surface area contributed by atoms with Crippen LogP contribution in [-0.2, 0) is 9.47 Å². The molecule has 0 unspecified atom stereocenters. The highest BCUT2D eigenvalue weighted by Gasteiger charge is 2.55. The van der Waals surface area contributed by atoms with Gasteiger partial charge in [0.05, 0.1) is 12.7 Å². The van der Waals surface area contributed by atoms with Crippen LogP contribution in [-0.4, -0.2) is 45.2 Å². The summed E-state index contributed by atoms with van der Waals surface area (Å²) in [4.78, 5) is 24.8. The third kappa shape index (κ3) is 3.07. The molecule has 8 heteroatoms. The van der Waals surface area contributed by atoms with Gasteiger partial charge in [0.15, 0.2) is 11.9 Å². The molecule has 2 rings (SSSR count). The Morgan fingerprint density at radius 2 is 2.24 bits per heavy atom. The molecule has 7 nitrogen and oxygen atoms in total. The highest BCUT2D eigenvalue weighted by atomic mass is 19.1. The van der Waals surface area contributed by atoms with Gasteiger partial charge in [-0.2, -0.15) is 0 Å². The van der Waals surface area contributed by atoms with Crippen molar-refractivity contribution in [1.29, 1.82) is 0 Å². The van der Waals surface area contributed by atoms with E-state index in [4.69, 9.17) is 9.47 Å². The van der Waals surface area contributed by atoms with Crippen molar-refractivity contribution in [2.45, 2.75) is 51.0 Å². The summed E-state index contributed by atoms with van der Waals surface area (Å²) in [6.07, 6.45) is -2.63. The largest absolute Gasteiger partial charge is 0.387 e. The van der Waals surface area contributed by atoms with E-state index in [9.17, 15) is 19.1 Å². The molecule has 2 heterocycles. The van der Waals surface area contributed by atoms with Gasteiger partial charge in [-0.25, -0.2) is 9.18 Å². The normalized spacial score (nSPS) is 32.8. The third-order valence-electron chi connectivity index (χ3n) is 3.41. The lowest BCUT2D eigenvalue weighted by atomic mass is 9.98. The van der Waals surface area contributed by atoms with Crippen LogP contribution in [0.15, 0.2) is 21.9 Å². The van der Waals surface area contributed by atoms with Gasteiger partial charge in [0.2, 0.25) is 0 Å². The van der Waals surface area contributed by atoms with E-state index in [-0.39, 0.29) is 12.7 Å². The second kappa shape index (κ2) is 5.70. The van der Waals surface area contributed by atoms with E-state index in [0.29, 0.717) is 0 Å². The number of nitrogens with one attached hydrogen (secondary N) is 1.